The van der Waals surface area contributed by atoms with Gasteiger partial charge in [0.1, 0.15) is 11.5 Å². The van der Waals surface area contributed by atoms with Crippen LogP contribution < -0.4 is 10.1 Å². The SMILES string of the molecule is CNc1cc(Oc2c(C)ccc(C)c2C)cc([N+](=O)[O-])c1. The molecule has 0 spiro atoms. The molecule has 0 heterocycles. The minimum absolute atomic E-state index is 0.000177. The minimum Gasteiger partial charge on any atom is -0.456 e. The summed E-state index contributed by atoms with van der Waals surface area (Å²) < 4.78 is 5.91. The first-order valence-corrected chi connectivity index (χ1v) is 6.64. The lowest BCUT2D eigenvalue weighted by Gasteiger charge is -2.14. The molecular formula is C16H18N2O3. The summed E-state index contributed by atoms with van der Waals surface area (Å²) in [4.78, 5) is 10.6. The van der Waals surface area contributed by atoms with Gasteiger partial charge >= 0.3 is 0 Å². The molecule has 110 valence electrons. The van der Waals surface area contributed by atoms with Crippen LogP contribution in [0.1, 0.15) is 16.7 Å². The van der Waals surface area contributed by atoms with Crippen LogP contribution in [0.3, 0.4) is 0 Å². The van der Waals surface area contributed by atoms with Crippen molar-refractivity contribution in [2.24, 2.45) is 0 Å². The van der Waals surface area contributed by atoms with Gasteiger partial charge in [-0.25, -0.2) is 0 Å². The van der Waals surface area contributed by atoms with Crippen LogP contribution in [-0.2, 0) is 0 Å². The van der Waals surface area contributed by atoms with Crippen molar-refractivity contribution in [1.29, 1.82) is 0 Å². The highest BCUT2D eigenvalue weighted by molar-refractivity contribution is 5.57. The Morgan fingerprint density at radius 1 is 1.10 bits per heavy atom. The van der Waals surface area contributed by atoms with Crippen LogP contribution >= 0.6 is 0 Å². The molecule has 0 bridgehead atoms. The lowest BCUT2D eigenvalue weighted by atomic mass is 10.1. The zero-order valence-corrected chi connectivity index (χ0v) is 12.6. The second kappa shape index (κ2) is 5.83. The normalized spacial score (nSPS) is 10.3. The molecule has 0 aliphatic carbocycles. The number of nitrogens with zero attached hydrogens (tertiary/aromatic N) is 1. The zero-order chi connectivity index (χ0) is 15.6. The standard InChI is InChI=1S/C16H18N2O3/c1-10-5-6-11(2)16(12(10)3)21-15-8-13(17-4)7-14(9-15)18(19)20/h5-9,17H,1-4H3. The molecule has 0 fully saturated rings. The number of rotatable bonds is 4. The van der Waals surface area contributed by atoms with Gasteiger partial charge in [0, 0.05) is 24.9 Å². The van der Waals surface area contributed by atoms with Gasteiger partial charge in [0.05, 0.1) is 11.0 Å². The quantitative estimate of drug-likeness (QED) is 0.670. The monoisotopic (exact) mass is 286 g/mol. The van der Waals surface area contributed by atoms with E-state index in [0.717, 1.165) is 22.4 Å². The maximum Gasteiger partial charge on any atom is 0.275 e. The molecular weight excluding hydrogens is 268 g/mol. The van der Waals surface area contributed by atoms with Gasteiger partial charge in [0.2, 0.25) is 0 Å². The van der Waals surface area contributed by atoms with E-state index in [-0.39, 0.29) is 5.69 Å². The summed E-state index contributed by atoms with van der Waals surface area (Å²) in [5, 5.41) is 13.9. The molecule has 0 unspecified atom stereocenters. The zero-order valence-electron chi connectivity index (χ0n) is 12.6. The fourth-order valence-corrected chi connectivity index (χ4v) is 2.09. The van der Waals surface area contributed by atoms with Crippen LogP contribution in [0, 0.1) is 30.9 Å². The number of hydrogen-bond acceptors (Lipinski definition) is 4. The predicted molar refractivity (Wildman–Crippen MR) is 83.4 cm³/mol. The first-order valence-electron chi connectivity index (χ1n) is 6.64. The molecule has 0 saturated heterocycles. The average molecular weight is 286 g/mol. The van der Waals surface area contributed by atoms with E-state index in [1.54, 1.807) is 13.1 Å². The van der Waals surface area contributed by atoms with E-state index < -0.39 is 4.92 Å². The van der Waals surface area contributed by atoms with E-state index >= 15 is 0 Å². The Balaban J connectivity index is 2.47. The number of ether oxygens (including phenoxy) is 1. The first-order chi connectivity index (χ1) is 9.92. The number of nitro groups is 1. The summed E-state index contributed by atoms with van der Waals surface area (Å²) >= 11 is 0. The second-order valence-corrected chi connectivity index (χ2v) is 4.98. The average Bonchev–Trinajstić information content (AvgIpc) is 2.47. The molecule has 2 rings (SSSR count). The Hall–Kier alpha value is -2.56. The fourth-order valence-electron chi connectivity index (χ4n) is 2.09. The van der Waals surface area contributed by atoms with E-state index in [1.807, 2.05) is 32.9 Å². The van der Waals surface area contributed by atoms with E-state index in [2.05, 4.69) is 5.32 Å². The van der Waals surface area contributed by atoms with E-state index in [4.69, 9.17) is 4.74 Å². The lowest BCUT2D eigenvalue weighted by molar-refractivity contribution is -0.384. The number of non-ortho nitro benzene ring substituents is 1. The van der Waals surface area contributed by atoms with Gasteiger partial charge < -0.3 is 10.1 Å². The van der Waals surface area contributed by atoms with Crippen molar-refractivity contribution in [2.75, 3.05) is 12.4 Å². The van der Waals surface area contributed by atoms with Gasteiger partial charge in [-0.05, 0) is 37.5 Å². The minimum atomic E-state index is -0.427. The molecule has 5 heteroatoms. The van der Waals surface area contributed by atoms with E-state index in [0.29, 0.717) is 11.4 Å². The summed E-state index contributed by atoms with van der Waals surface area (Å²) in [6, 6.07) is 8.66. The highest BCUT2D eigenvalue weighted by Crippen LogP contribution is 2.34. The van der Waals surface area contributed by atoms with Crippen molar-refractivity contribution in [2.45, 2.75) is 20.8 Å². The number of anilines is 1. The number of aryl methyl sites for hydroxylation is 2. The highest BCUT2D eigenvalue weighted by Gasteiger charge is 2.13. The third kappa shape index (κ3) is 3.13. The lowest BCUT2D eigenvalue weighted by Crippen LogP contribution is -1.97. The van der Waals surface area contributed by atoms with E-state index in [1.165, 1.54) is 12.1 Å². The van der Waals surface area contributed by atoms with Gasteiger partial charge in [-0.2, -0.15) is 0 Å². The molecule has 0 aliphatic heterocycles. The molecule has 1 N–H and O–H groups in total. The van der Waals surface area contributed by atoms with Crippen molar-refractivity contribution in [1.82, 2.24) is 0 Å². The van der Waals surface area contributed by atoms with Crippen LogP contribution in [0.4, 0.5) is 11.4 Å². The van der Waals surface area contributed by atoms with Gasteiger partial charge in [0.15, 0.2) is 0 Å². The van der Waals surface area contributed by atoms with Gasteiger partial charge in [-0.3, -0.25) is 10.1 Å². The maximum atomic E-state index is 11.0. The molecule has 0 aromatic heterocycles. The molecule has 2 aromatic rings. The Kier molecular flexibility index (Phi) is 4.12. The molecule has 21 heavy (non-hydrogen) atoms. The molecule has 0 atom stereocenters. The predicted octanol–water partition coefficient (Wildman–Crippen LogP) is 4.35. The third-order valence-electron chi connectivity index (χ3n) is 3.48. The van der Waals surface area contributed by atoms with Gasteiger partial charge in [-0.1, -0.05) is 12.1 Å². The van der Waals surface area contributed by atoms with Crippen LogP contribution in [-0.4, -0.2) is 12.0 Å². The Morgan fingerprint density at radius 3 is 2.38 bits per heavy atom. The number of nitro benzene ring substituents is 1. The Bertz CT molecular complexity index is 696. The molecule has 0 saturated carbocycles. The maximum absolute atomic E-state index is 11.0. The van der Waals surface area contributed by atoms with Crippen LogP contribution in [0.2, 0.25) is 0 Å². The summed E-state index contributed by atoms with van der Waals surface area (Å²) in [6.45, 7) is 5.94. The largest absolute Gasteiger partial charge is 0.456 e. The first kappa shape index (κ1) is 14.8. The second-order valence-electron chi connectivity index (χ2n) is 4.98. The summed E-state index contributed by atoms with van der Waals surface area (Å²) in [5.74, 6) is 1.20. The van der Waals surface area contributed by atoms with Crippen molar-refractivity contribution < 1.29 is 9.66 Å². The van der Waals surface area contributed by atoms with Gasteiger partial charge in [-0.15, -0.1) is 0 Å². The van der Waals surface area contributed by atoms with Gasteiger partial charge in [0.25, 0.3) is 5.69 Å². The highest BCUT2D eigenvalue weighted by atomic mass is 16.6. The van der Waals surface area contributed by atoms with Crippen LogP contribution in [0.5, 0.6) is 11.5 Å². The molecule has 5 nitrogen and oxygen atoms in total. The summed E-state index contributed by atoms with van der Waals surface area (Å²) in [7, 11) is 1.71. The third-order valence-corrected chi connectivity index (χ3v) is 3.48. The number of nitrogens with one attached hydrogen (secondary N) is 1. The van der Waals surface area contributed by atoms with Crippen LogP contribution in [0.25, 0.3) is 0 Å². The number of hydrogen-bond donors (Lipinski definition) is 1. The summed E-state index contributed by atoms with van der Waals surface area (Å²) in [5.41, 5.74) is 3.79. The smallest absolute Gasteiger partial charge is 0.275 e. The molecule has 2 aromatic carbocycles. The molecule has 0 amide bonds. The Labute approximate surface area is 123 Å². The number of benzene rings is 2. The van der Waals surface area contributed by atoms with Crippen LogP contribution in [0.15, 0.2) is 30.3 Å². The Morgan fingerprint density at radius 2 is 1.76 bits per heavy atom. The summed E-state index contributed by atoms with van der Waals surface area (Å²) in [6.07, 6.45) is 0. The van der Waals surface area contributed by atoms with Crippen molar-refractivity contribution in [3.63, 3.8) is 0 Å². The van der Waals surface area contributed by atoms with Crippen molar-refractivity contribution in [3.8, 4) is 11.5 Å². The topological polar surface area (TPSA) is 64.4 Å². The fraction of sp³-hybridized carbons (Fsp3) is 0.250. The van der Waals surface area contributed by atoms with Crippen molar-refractivity contribution >= 4 is 11.4 Å². The van der Waals surface area contributed by atoms with Crippen molar-refractivity contribution in [3.05, 3.63) is 57.1 Å². The van der Waals surface area contributed by atoms with E-state index in [9.17, 15) is 10.1 Å². The molecule has 0 radical (unpaired) electrons. The molecule has 0 aliphatic rings.